The molecular weight excluding hydrogens is 352 g/mol. The normalized spacial score (nSPS) is 19.1. The van der Waals surface area contributed by atoms with E-state index in [1.165, 1.54) is 23.3 Å². The van der Waals surface area contributed by atoms with Gasteiger partial charge in [0.15, 0.2) is 5.16 Å². The van der Waals surface area contributed by atoms with Gasteiger partial charge in [0.2, 0.25) is 0 Å². The smallest absolute Gasteiger partial charge is 0.267 e. The number of aryl methyl sites for hydroxylation is 2. The van der Waals surface area contributed by atoms with Gasteiger partial charge in [-0.25, -0.2) is 4.98 Å². The van der Waals surface area contributed by atoms with Gasteiger partial charge in [-0.15, -0.1) is 11.3 Å². The lowest BCUT2D eigenvalue weighted by Gasteiger charge is -2.13. The van der Waals surface area contributed by atoms with Crippen LogP contribution in [0.25, 0.3) is 15.9 Å². The lowest BCUT2D eigenvalue weighted by atomic mass is 9.97. The highest BCUT2D eigenvalue weighted by Gasteiger charge is 2.26. The quantitative estimate of drug-likeness (QED) is 0.398. The van der Waals surface area contributed by atoms with E-state index in [9.17, 15) is 4.79 Å². The first-order chi connectivity index (χ1) is 12.3. The molecule has 1 aromatic carbocycles. The Morgan fingerprint density at radius 2 is 2.04 bits per heavy atom. The van der Waals surface area contributed by atoms with Crippen LogP contribution in [0.5, 0.6) is 0 Å². The summed E-state index contributed by atoms with van der Waals surface area (Å²) in [7, 11) is 0. The highest BCUT2D eigenvalue weighted by Crippen LogP contribution is 2.35. The van der Waals surface area contributed by atoms with Crippen LogP contribution in [0.3, 0.4) is 0 Å². The first-order valence-corrected chi connectivity index (χ1v) is 10.5. The second-order valence-electron chi connectivity index (χ2n) is 6.53. The molecule has 1 fully saturated rings. The summed E-state index contributed by atoms with van der Waals surface area (Å²) in [4.78, 5) is 20.6. The van der Waals surface area contributed by atoms with Gasteiger partial charge in [0, 0.05) is 10.6 Å². The van der Waals surface area contributed by atoms with Crippen molar-refractivity contribution in [1.82, 2.24) is 9.55 Å². The summed E-state index contributed by atoms with van der Waals surface area (Å²) in [5.41, 5.74) is 2.21. The van der Waals surface area contributed by atoms with Gasteiger partial charge in [-0.3, -0.25) is 9.36 Å². The van der Waals surface area contributed by atoms with E-state index in [4.69, 9.17) is 9.72 Å². The molecule has 3 aromatic rings. The molecule has 0 bridgehead atoms. The summed E-state index contributed by atoms with van der Waals surface area (Å²) in [5, 5.41) is 1.62. The Bertz CT molecular complexity index is 990. The minimum absolute atomic E-state index is 0.0785. The molecule has 0 saturated carbocycles. The van der Waals surface area contributed by atoms with Crippen molar-refractivity contribution in [3.05, 3.63) is 51.1 Å². The molecule has 0 unspecified atom stereocenters. The maximum atomic E-state index is 13.4. The van der Waals surface area contributed by atoms with Crippen LogP contribution in [0.4, 0.5) is 0 Å². The van der Waals surface area contributed by atoms with E-state index in [2.05, 4.69) is 0 Å². The monoisotopic (exact) mass is 370 g/mol. The van der Waals surface area contributed by atoms with Crippen molar-refractivity contribution in [3.8, 4) is 5.69 Å². The first-order valence-electron chi connectivity index (χ1n) is 8.68. The second-order valence-corrected chi connectivity index (χ2v) is 8.60. The van der Waals surface area contributed by atoms with E-state index in [0.29, 0.717) is 6.10 Å². The highest BCUT2D eigenvalue weighted by molar-refractivity contribution is 7.99. The van der Waals surface area contributed by atoms with Crippen LogP contribution >= 0.6 is 23.1 Å². The Morgan fingerprint density at radius 1 is 1.24 bits per heavy atom. The summed E-state index contributed by atoms with van der Waals surface area (Å²) in [6.45, 7) is 0.818. The van der Waals surface area contributed by atoms with Crippen LogP contribution < -0.4 is 5.56 Å². The number of hydrogen-bond acceptors (Lipinski definition) is 5. The Kier molecular flexibility index (Phi) is 3.91. The fourth-order valence-corrected chi connectivity index (χ4v) is 5.73. The predicted octanol–water partition coefficient (Wildman–Crippen LogP) is 3.82. The van der Waals surface area contributed by atoms with E-state index < -0.39 is 0 Å². The van der Waals surface area contributed by atoms with Gasteiger partial charge >= 0.3 is 0 Å². The van der Waals surface area contributed by atoms with Crippen LogP contribution in [0.2, 0.25) is 0 Å². The molecule has 3 heterocycles. The number of benzene rings is 1. The molecule has 2 aromatic heterocycles. The zero-order valence-corrected chi connectivity index (χ0v) is 15.4. The van der Waals surface area contributed by atoms with E-state index in [0.717, 1.165) is 46.3 Å². The third-order valence-electron chi connectivity index (χ3n) is 4.77. The van der Waals surface area contributed by atoms with E-state index in [1.807, 2.05) is 30.3 Å². The summed E-state index contributed by atoms with van der Waals surface area (Å²) < 4.78 is 7.12. The van der Waals surface area contributed by atoms with Crippen LogP contribution in [0, 0.1) is 0 Å². The van der Waals surface area contributed by atoms with Crippen molar-refractivity contribution in [2.45, 2.75) is 36.9 Å². The first kappa shape index (κ1) is 15.6. The van der Waals surface area contributed by atoms with Crippen LogP contribution in [0.1, 0.15) is 23.3 Å². The Morgan fingerprint density at radius 3 is 2.84 bits per heavy atom. The average Bonchev–Trinajstić information content (AvgIpc) is 3.39. The molecule has 0 radical (unpaired) electrons. The van der Waals surface area contributed by atoms with Crippen molar-refractivity contribution in [2.75, 3.05) is 12.4 Å². The van der Waals surface area contributed by atoms with Crippen LogP contribution in [-0.2, 0) is 17.6 Å². The molecule has 1 aliphatic carbocycles. The number of fused-ring (bicyclic) bond motifs is 3. The number of thioether (sulfide) groups is 1. The minimum atomic E-state index is 0.0785. The van der Waals surface area contributed by atoms with E-state index in [1.54, 1.807) is 27.7 Å². The van der Waals surface area contributed by atoms with Gasteiger partial charge in [-0.05, 0) is 43.4 Å². The summed E-state index contributed by atoms with van der Waals surface area (Å²) >= 11 is 3.33. The highest BCUT2D eigenvalue weighted by atomic mass is 32.2. The topological polar surface area (TPSA) is 47.4 Å². The standard InChI is InChI=1S/C19H18N2O2S2/c22-18-16-14-8-4-5-9-15(14)25-17(16)20-19(24-11-13-10-23-13)21(18)12-6-2-1-3-7-12/h1-3,6-7,13H,4-5,8-11H2/t13-/m1/s1. The van der Waals surface area contributed by atoms with Crippen molar-refractivity contribution < 1.29 is 4.74 Å². The minimum Gasteiger partial charge on any atom is -0.372 e. The van der Waals surface area contributed by atoms with Crippen molar-refractivity contribution in [1.29, 1.82) is 0 Å². The maximum absolute atomic E-state index is 13.4. The molecule has 5 rings (SSSR count). The van der Waals surface area contributed by atoms with Gasteiger partial charge in [0.1, 0.15) is 4.83 Å². The largest absolute Gasteiger partial charge is 0.372 e. The fourth-order valence-electron chi connectivity index (χ4n) is 3.42. The molecule has 0 N–H and O–H groups in total. The Hall–Kier alpha value is -1.63. The Balaban J connectivity index is 1.73. The van der Waals surface area contributed by atoms with E-state index >= 15 is 0 Å². The zero-order valence-electron chi connectivity index (χ0n) is 13.7. The molecule has 0 amide bonds. The fraction of sp³-hybridized carbons (Fsp3) is 0.368. The number of epoxide rings is 1. The molecule has 6 heteroatoms. The second kappa shape index (κ2) is 6.27. The van der Waals surface area contributed by atoms with Gasteiger partial charge in [0.05, 0.1) is 23.8 Å². The average molecular weight is 370 g/mol. The number of hydrogen-bond donors (Lipinski definition) is 0. The molecule has 1 saturated heterocycles. The van der Waals surface area contributed by atoms with Crippen LogP contribution in [0.15, 0.2) is 40.3 Å². The van der Waals surface area contributed by atoms with E-state index in [-0.39, 0.29) is 5.56 Å². The number of para-hydroxylation sites is 1. The summed E-state index contributed by atoms with van der Waals surface area (Å²) in [6.07, 6.45) is 4.77. The number of rotatable bonds is 4. The van der Waals surface area contributed by atoms with Crippen LogP contribution in [-0.4, -0.2) is 28.0 Å². The van der Waals surface area contributed by atoms with Crippen molar-refractivity contribution in [3.63, 3.8) is 0 Å². The molecule has 128 valence electrons. The maximum Gasteiger partial charge on any atom is 0.267 e. The molecule has 2 aliphatic rings. The molecule has 1 atom stereocenters. The Labute approximate surface area is 153 Å². The third-order valence-corrected chi connectivity index (χ3v) is 7.03. The molecule has 0 spiro atoms. The third kappa shape index (κ3) is 2.82. The zero-order chi connectivity index (χ0) is 16.8. The van der Waals surface area contributed by atoms with Gasteiger partial charge in [0.25, 0.3) is 5.56 Å². The van der Waals surface area contributed by atoms with Gasteiger partial charge in [-0.1, -0.05) is 30.0 Å². The molecule has 1 aliphatic heterocycles. The lowest BCUT2D eigenvalue weighted by molar-refractivity contribution is 0.426. The number of nitrogens with zero attached hydrogens (tertiary/aromatic N) is 2. The van der Waals surface area contributed by atoms with Gasteiger partial charge in [-0.2, -0.15) is 0 Å². The molecule has 25 heavy (non-hydrogen) atoms. The predicted molar refractivity (Wildman–Crippen MR) is 102 cm³/mol. The van der Waals surface area contributed by atoms with Crippen molar-refractivity contribution in [2.24, 2.45) is 0 Å². The summed E-state index contributed by atoms with van der Waals surface area (Å²) in [5.74, 6) is 0.843. The van der Waals surface area contributed by atoms with Crippen molar-refractivity contribution >= 4 is 33.3 Å². The SMILES string of the molecule is O=c1c2c3c(sc2nc(SC[C@H]2CO2)n1-c1ccccc1)CCCC3. The number of ether oxygens (including phenoxy) is 1. The van der Waals surface area contributed by atoms with Gasteiger partial charge < -0.3 is 4.74 Å². The lowest BCUT2D eigenvalue weighted by Crippen LogP contribution is -2.22. The number of aromatic nitrogens is 2. The number of thiophene rings is 1. The summed E-state index contributed by atoms with van der Waals surface area (Å²) in [6, 6.07) is 9.86. The molecule has 4 nitrogen and oxygen atoms in total. The molecular formula is C19H18N2O2S2.